The number of carboxylic acids is 1. The van der Waals surface area contributed by atoms with E-state index in [9.17, 15) is 9.59 Å². The monoisotopic (exact) mass is 271 g/mol. The van der Waals surface area contributed by atoms with Gasteiger partial charge < -0.3 is 20.1 Å². The smallest absolute Gasteiger partial charge is 0.326 e. The van der Waals surface area contributed by atoms with Crippen LogP contribution in [0.1, 0.15) is 26.2 Å². The summed E-state index contributed by atoms with van der Waals surface area (Å²) in [5.41, 5.74) is 0. The molecule has 0 rings (SSSR count). The highest BCUT2D eigenvalue weighted by molar-refractivity contribution is 5.82. The molecule has 0 radical (unpaired) electrons. The molecule has 0 saturated carbocycles. The maximum atomic E-state index is 11.9. The van der Waals surface area contributed by atoms with Crippen LogP contribution in [0.15, 0.2) is 0 Å². The Bertz CT molecular complexity index is 327. The van der Waals surface area contributed by atoms with Crippen LogP contribution >= 0.6 is 0 Å². The van der Waals surface area contributed by atoms with E-state index in [1.165, 1.54) is 12.0 Å². The van der Waals surface area contributed by atoms with Crippen molar-refractivity contribution in [1.82, 2.24) is 10.2 Å². The predicted molar refractivity (Wildman–Crippen MR) is 68.5 cm³/mol. The highest BCUT2D eigenvalue weighted by Gasteiger charge is 2.22. The fourth-order valence-electron chi connectivity index (χ4n) is 1.49. The summed E-state index contributed by atoms with van der Waals surface area (Å²) in [4.78, 5) is 24.3. The van der Waals surface area contributed by atoms with Crippen molar-refractivity contribution in [3.63, 3.8) is 0 Å². The number of nitriles is 1. The Balaban J connectivity index is 4.50. The van der Waals surface area contributed by atoms with E-state index in [2.05, 4.69) is 5.32 Å². The van der Waals surface area contributed by atoms with Crippen LogP contribution in [0.5, 0.6) is 0 Å². The van der Waals surface area contributed by atoms with Crippen molar-refractivity contribution in [3.05, 3.63) is 0 Å². The van der Waals surface area contributed by atoms with Crippen LogP contribution in [-0.4, -0.2) is 54.9 Å². The maximum Gasteiger partial charge on any atom is 0.326 e. The number of urea groups is 1. The fourth-order valence-corrected chi connectivity index (χ4v) is 1.49. The SMILES string of the molecule is CCCC(NC(=O)N(CCC#N)CCOC)C(=O)O. The first-order valence-electron chi connectivity index (χ1n) is 6.20. The Kier molecular flexibility index (Phi) is 9.18. The molecule has 0 aliphatic rings. The number of hydrogen-bond donors (Lipinski definition) is 2. The maximum absolute atomic E-state index is 11.9. The van der Waals surface area contributed by atoms with Crippen molar-refractivity contribution in [2.45, 2.75) is 32.2 Å². The zero-order valence-corrected chi connectivity index (χ0v) is 11.4. The molecule has 0 aromatic heterocycles. The Morgan fingerprint density at radius 1 is 1.47 bits per heavy atom. The number of carbonyl (C=O) groups is 2. The largest absolute Gasteiger partial charge is 0.480 e. The van der Waals surface area contributed by atoms with Gasteiger partial charge in [0.25, 0.3) is 0 Å². The van der Waals surface area contributed by atoms with Crippen molar-refractivity contribution < 1.29 is 19.4 Å². The molecule has 108 valence electrons. The molecule has 0 aliphatic heterocycles. The third-order valence-electron chi connectivity index (χ3n) is 2.52. The Labute approximate surface area is 113 Å². The predicted octanol–water partition coefficient (Wildman–Crippen LogP) is 0.811. The molecule has 1 atom stereocenters. The van der Waals surface area contributed by atoms with Crippen molar-refractivity contribution in [2.75, 3.05) is 26.8 Å². The van der Waals surface area contributed by atoms with Crippen molar-refractivity contribution in [3.8, 4) is 6.07 Å². The van der Waals surface area contributed by atoms with Gasteiger partial charge in [-0.1, -0.05) is 13.3 Å². The number of rotatable bonds is 9. The number of ether oxygens (including phenoxy) is 1. The van der Waals surface area contributed by atoms with Gasteiger partial charge in [0.15, 0.2) is 0 Å². The van der Waals surface area contributed by atoms with Crippen LogP contribution in [0.3, 0.4) is 0 Å². The molecule has 1 unspecified atom stereocenters. The van der Waals surface area contributed by atoms with Crippen LogP contribution in [0, 0.1) is 11.3 Å². The van der Waals surface area contributed by atoms with Gasteiger partial charge in [-0.05, 0) is 6.42 Å². The Hall–Kier alpha value is -1.81. The first kappa shape index (κ1) is 17.2. The summed E-state index contributed by atoms with van der Waals surface area (Å²) in [7, 11) is 1.51. The second-order valence-electron chi connectivity index (χ2n) is 4.02. The number of nitrogens with one attached hydrogen (secondary N) is 1. The highest BCUT2D eigenvalue weighted by atomic mass is 16.5. The lowest BCUT2D eigenvalue weighted by Crippen LogP contribution is -2.49. The average Bonchev–Trinajstić information content (AvgIpc) is 2.38. The third kappa shape index (κ3) is 7.26. The van der Waals surface area contributed by atoms with Gasteiger partial charge in [0.05, 0.1) is 19.1 Å². The zero-order valence-electron chi connectivity index (χ0n) is 11.4. The zero-order chi connectivity index (χ0) is 14.7. The quantitative estimate of drug-likeness (QED) is 0.646. The summed E-state index contributed by atoms with van der Waals surface area (Å²) >= 11 is 0. The van der Waals surface area contributed by atoms with Gasteiger partial charge in [0, 0.05) is 20.2 Å². The molecular formula is C12H21N3O4. The molecule has 0 heterocycles. The van der Waals surface area contributed by atoms with Crippen LogP contribution in [0.25, 0.3) is 0 Å². The molecule has 0 saturated heterocycles. The minimum Gasteiger partial charge on any atom is -0.480 e. The highest BCUT2D eigenvalue weighted by Crippen LogP contribution is 2.00. The average molecular weight is 271 g/mol. The molecule has 0 aromatic rings. The molecule has 0 aliphatic carbocycles. The molecule has 0 bridgehead atoms. The molecule has 0 aromatic carbocycles. The molecule has 7 heteroatoms. The summed E-state index contributed by atoms with van der Waals surface area (Å²) in [6.45, 7) is 2.76. The molecule has 19 heavy (non-hydrogen) atoms. The van der Waals surface area contributed by atoms with Crippen molar-refractivity contribution in [2.24, 2.45) is 0 Å². The van der Waals surface area contributed by atoms with Gasteiger partial charge in [-0.2, -0.15) is 5.26 Å². The van der Waals surface area contributed by atoms with Gasteiger partial charge in [-0.25, -0.2) is 9.59 Å². The number of carbonyl (C=O) groups excluding carboxylic acids is 1. The van der Waals surface area contributed by atoms with Gasteiger partial charge in [-0.15, -0.1) is 0 Å². The van der Waals surface area contributed by atoms with E-state index >= 15 is 0 Å². The number of amides is 2. The van der Waals surface area contributed by atoms with Gasteiger partial charge in [0.2, 0.25) is 0 Å². The number of carboxylic acid groups (broad SMARTS) is 1. The van der Waals surface area contributed by atoms with Crippen LogP contribution in [-0.2, 0) is 9.53 Å². The molecule has 2 N–H and O–H groups in total. The van der Waals surface area contributed by atoms with E-state index in [-0.39, 0.29) is 13.0 Å². The lowest BCUT2D eigenvalue weighted by atomic mass is 10.2. The van der Waals surface area contributed by atoms with E-state index in [0.717, 1.165) is 0 Å². The van der Waals surface area contributed by atoms with Crippen LogP contribution in [0.4, 0.5) is 4.79 Å². The number of hydrogen-bond acceptors (Lipinski definition) is 4. The van der Waals surface area contributed by atoms with E-state index in [4.69, 9.17) is 15.1 Å². The van der Waals surface area contributed by atoms with E-state index in [1.807, 2.05) is 13.0 Å². The Morgan fingerprint density at radius 3 is 2.63 bits per heavy atom. The first-order valence-corrected chi connectivity index (χ1v) is 6.20. The van der Waals surface area contributed by atoms with E-state index in [1.54, 1.807) is 0 Å². The number of nitrogens with zero attached hydrogens (tertiary/aromatic N) is 2. The normalized spacial score (nSPS) is 11.4. The van der Waals surface area contributed by atoms with Crippen molar-refractivity contribution in [1.29, 1.82) is 5.26 Å². The van der Waals surface area contributed by atoms with Gasteiger partial charge >= 0.3 is 12.0 Å². The minimum atomic E-state index is -1.05. The number of aliphatic carboxylic acids is 1. The summed E-state index contributed by atoms with van der Waals surface area (Å²) in [5.74, 6) is -1.05. The van der Waals surface area contributed by atoms with Crippen LogP contribution in [0.2, 0.25) is 0 Å². The minimum absolute atomic E-state index is 0.197. The summed E-state index contributed by atoms with van der Waals surface area (Å²) in [6.07, 6.45) is 1.23. The molecule has 2 amide bonds. The lowest BCUT2D eigenvalue weighted by Gasteiger charge is -2.24. The van der Waals surface area contributed by atoms with E-state index in [0.29, 0.717) is 26.0 Å². The summed E-state index contributed by atoms with van der Waals surface area (Å²) < 4.78 is 4.88. The topological polar surface area (TPSA) is 103 Å². The van der Waals surface area contributed by atoms with Crippen LogP contribution < -0.4 is 5.32 Å². The van der Waals surface area contributed by atoms with Gasteiger partial charge in [0.1, 0.15) is 6.04 Å². The van der Waals surface area contributed by atoms with Gasteiger partial charge in [-0.3, -0.25) is 0 Å². The van der Waals surface area contributed by atoms with Crippen molar-refractivity contribution >= 4 is 12.0 Å². The number of methoxy groups -OCH3 is 1. The molecule has 0 fully saturated rings. The second-order valence-corrected chi connectivity index (χ2v) is 4.02. The first-order chi connectivity index (χ1) is 9.06. The molecule has 0 spiro atoms. The fraction of sp³-hybridized carbons (Fsp3) is 0.750. The second kappa shape index (κ2) is 10.1. The standard InChI is InChI=1S/C12H21N3O4/c1-3-5-10(11(16)17)14-12(18)15(7-4-6-13)8-9-19-2/h10H,3-5,7-9H2,1-2H3,(H,14,18)(H,16,17). The van der Waals surface area contributed by atoms with E-state index < -0.39 is 18.0 Å². The lowest BCUT2D eigenvalue weighted by molar-refractivity contribution is -0.139. The molecular weight excluding hydrogens is 250 g/mol. The third-order valence-corrected chi connectivity index (χ3v) is 2.52. The Morgan fingerprint density at radius 2 is 2.16 bits per heavy atom. The molecule has 7 nitrogen and oxygen atoms in total. The summed E-state index contributed by atoms with van der Waals surface area (Å²) in [6, 6.07) is 0.575. The summed E-state index contributed by atoms with van der Waals surface area (Å²) in [5, 5.41) is 20.0.